The Morgan fingerprint density at radius 2 is 2.06 bits per heavy atom. The Morgan fingerprint density at radius 1 is 1.19 bits per heavy atom. The third-order valence-corrected chi connectivity index (χ3v) is 2.50. The van der Waals surface area contributed by atoms with Crippen LogP contribution in [0.5, 0.6) is 0 Å². The maximum atomic E-state index is 11.5. The van der Waals surface area contributed by atoms with E-state index in [0.717, 1.165) is 5.52 Å². The molecule has 0 spiro atoms. The lowest BCUT2D eigenvalue weighted by molar-refractivity contribution is -0.123. The van der Waals surface area contributed by atoms with Crippen LogP contribution in [0.25, 0.3) is 16.6 Å². The zero-order chi connectivity index (χ0) is 11.1. The number of carbonyl (C=O) groups excluding carboxylic acids is 2. The first-order valence-electron chi connectivity index (χ1n) is 4.75. The minimum absolute atomic E-state index is 0.364. The zero-order valence-corrected chi connectivity index (χ0v) is 8.15. The number of aromatic nitrogens is 2. The van der Waals surface area contributed by atoms with Gasteiger partial charge in [0.2, 0.25) is 0 Å². The van der Waals surface area contributed by atoms with Crippen LogP contribution >= 0.6 is 0 Å². The number of imide groups is 1. The smallest absolute Gasteiger partial charge is 0.258 e. The van der Waals surface area contributed by atoms with Gasteiger partial charge in [-0.15, -0.1) is 0 Å². The molecule has 1 aromatic carbocycles. The van der Waals surface area contributed by atoms with Crippen LogP contribution < -0.4 is 5.32 Å². The third-order valence-electron chi connectivity index (χ3n) is 2.50. The van der Waals surface area contributed by atoms with Crippen molar-refractivity contribution in [1.29, 1.82) is 0 Å². The van der Waals surface area contributed by atoms with Crippen LogP contribution in [0.2, 0.25) is 0 Å². The summed E-state index contributed by atoms with van der Waals surface area (Å²) in [5.41, 5.74) is 2.56. The first kappa shape index (κ1) is 8.84. The van der Waals surface area contributed by atoms with Crippen molar-refractivity contribution in [1.82, 2.24) is 15.3 Å². The van der Waals surface area contributed by atoms with E-state index in [1.165, 1.54) is 6.08 Å². The number of nitrogens with zero attached hydrogens (tertiary/aromatic N) is 1. The molecule has 16 heavy (non-hydrogen) atoms. The molecule has 0 bridgehead atoms. The fourth-order valence-corrected chi connectivity index (χ4v) is 1.79. The van der Waals surface area contributed by atoms with E-state index in [-0.39, 0.29) is 11.8 Å². The third kappa shape index (κ3) is 1.15. The predicted molar refractivity (Wildman–Crippen MR) is 57.2 cm³/mol. The second-order valence-electron chi connectivity index (χ2n) is 3.48. The van der Waals surface area contributed by atoms with Gasteiger partial charge in [0.25, 0.3) is 11.8 Å². The second-order valence-corrected chi connectivity index (χ2v) is 3.48. The number of rotatable bonds is 1. The molecule has 1 aliphatic rings. The van der Waals surface area contributed by atoms with Gasteiger partial charge in [-0.25, -0.2) is 4.98 Å². The average molecular weight is 213 g/mol. The summed E-state index contributed by atoms with van der Waals surface area (Å²) >= 11 is 0. The minimum atomic E-state index is -0.382. The molecule has 0 unspecified atom stereocenters. The van der Waals surface area contributed by atoms with Gasteiger partial charge in [-0.2, -0.15) is 0 Å². The monoisotopic (exact) mass is 213 g/mol. The normalized spacial score (nSPS) is 15.4. The van der Waals surface area contributed by atoms with Crippen molar-refractivity contribution in [3.05, 3.63) is 36.2 Å². The van der Waals surface area contributed by atoms with Crippen LogP contribution in [-0.2, 0) is 9.59 Å². The van der Waals surface area contributed by atoms with Crippen molar-refractivity contribution in [2.24, 2.45) is 0 Å². The molecule has 0 aliphatic carbocycles. The molecule has 0 fully saturated rings. The molecule has 0 radical (unpaired) electrons. The van der Waals surface area contributed by atoms with E-state index in [1.54, 1.807) is 12.4 Å². The number of hydrogen-bond acceptors (Lipinski definition) is 3. The lowest BCUT2D eigenvalue weighted by atomic mass is 10.0. The fourth-order valence-electron chi connectivity index (χ4n) is 1.79. The Kier molecular flexibility index (Phi) is 1.67. The van der Waals surface area contributed by atoms with Gasteiger partial charge in [-0.05, 0) is 6.07 Å². The number of carbonyl (C=O) groups is 2. The molecule has 5 heteroatoms. The van der Waals surface area contributed by atoms with Gasteiger partial charge in [0.1, 0.15) is 0 Å². The number of nitrogens with one attached hydrogen (secondary N) is 2. The summed E-state index contributed by atoms with van der Waals surface area (Å²) in [6, 6.07) is 5.45. The number of para-hydroxylation sites is 1. The molecular weight excluding hydrogens is 206 g/mol. The van der Waals surface area contributed by atoms with E-state index in [9.17, 15) is 9.59 Å². The summed E-state index contributed by atoms with van der Waals surface area (Å²) in [5.74, 6) is -0.756. The highest BCUT2D eigenvalue weighted by Crippen LogP contribution is 2.24. The molecule has 2 amide bonds. The van der Waals surface area contributed by atoms with Gasteiger partial charge in [-0.3, -0.25) is 14.9 Å². The maximum absolute atomic E-state index is 11.5. The van der Waals surface area contributed by atoms with Crippen LogP contribution in [0.3, 0.4) is 0 Å². The van der Waals surface area contributed by atoms with Gasteiger partial charge < -0.3 is 4.98 Å². The number of benzene rings is 1. The molecule has 2 N–H and O–H groups in total. The van der Waals surface area contributed by atoms with Crippen LogP contribution in [0.15, 0.2) is 30.6 Å². The summed E-state index contributed by atoms with van der Waals surface area (Å²) in [6.45, 7) is 0. The molecule has 5 nitrogen and oxygen atoms in total. The quantitative estimate of drug-likeness (QED) is 0.681. The Bertz CT molecular complexity index is 639. The molecule has 78 valence electrons. The molecule has 0 saturated heterocycles. The summed E-state index contributed by atoms with van der Waals surface area (Å²) < 4.78 is 0. The standard InChI is InChI=1S/C11H7N3O2/c15-9-4-7(11(16)14-9)6-2-1-3-8-10(6)13-5-12-8/h1-5H,(H,12,13)(H,14,15,16). The topological polar surface area (TPSA) is 74.8 Å². The molecule has 0 saturated carbocycles. The van der Waals surface area contributed by atoms with E-state index in [2.05, 4.69) is 15.3 Å². The molecule has 2 aromatic rings. The van der Waals surface area contributed by atoms with Crippen molar-refractivity contribution >= 4 is 28.4 Å². The molecule has 3 rings (SSSR count). The highest BCUT2D eigenvalue weighted by molar-refractivity contribution is 6.34. The highest BCUT2D eigenvalue weighted by Gasteiger charge is 2.23. The van der Waals surface area contributed by atoms with E-state index in [0.29, 0.717) is 16.7 Å². The minimum Gasteiger partial charge on any atom is -0.345 e. The summed E-state index contributed by atoms with van der Waals surface area (Å²) in [7, 11) is 0. The van der Waals surface area contributed by atoms with Crippen LogP contribution in [0.1, 0.15) is 5.56 Å². The van der Waals surface area contributed by atoms with Gasteiger partial charge >= 0.3 is 0 Å². The zero-order valence-electron chi connectivity index (χ0n) is 8.15. The first-order valence-corrected chi connectivity index (χ1v) is 4.75. The van der Waals surface area contributed by atoms with Crippen LogP contribution in [0, 0.1) is 0 Å². The highest BCUT2D eigenvalue weighted by atomic mass is 16.2. The summed E-state index contributed by atoms with van der Waals surface area (Å²) in [4.78, 5) is 29.7. The van der Waals surface area contributed by atoms with Crippen LogP contribution in [0.4, 0.5) is 0 Å². The number of hydrogen-bond donors (Lipinski definition) is 2. The number of aromatic amines is 1. The van der Waals surface area contributed by atoms with Crippen LogP contribution in [-0.4, -0.2) is 21.8 Å². The number of imidazole rings is 1. The Hall–Kier alpha value is -2.43. The first-order chi connectivity index (χ1) is 7.75. The summed E-state index contributed by atoms with van der Waals surface area (Å²) in [6.07, 6.45) is 2.86. The number of fused-ring (bicyclic) bond motifs is 1. The van der Waals surface area contributed by atoms with E-state index >= 15 is 0 Å². The summed E-state index contributed by atoms with van der Waals surface area (Å²) in [5, 5.41) is 2.21. The SMILES string of the molecule is O=C1C=C(c2cccc3[nH]cnc23)C(=O)N1. The van der Waals surface area contributed by atoms with Gasteiger partial charge in [0.05, 0.1) is 22.9 Å². The fraction of sp³-hybridized carbons (Fsp3) is 0. The largest absolute Gasteiger partial charge is 0.345 e. The Balaban J connectivity index is 2.27. The Labute approximate surface area is 90.2 Å². The average Bonchev–Trinajstić information content (AvgIpc) is 2.84. The van der Waals surface area contributed by atoms with Crippen molar-refractivity contribution < 1.29 is 9.59 Å². The number of H-pyrrole nitrogens is 1. The Morgan fingerprint density at radius 3 is 2.81 bits per heavy atom. The van der Waals surface area contributed by atoms with Gasteiger partial charge in [0, 0.05) is 11.6 Å². The molecule has 1 aliphatic heterocycles. The second kappa shape index (κ2) is 3.03. The van der Waals surface area contributed by atoms with E-state index < -0.39 is 0 Å². The molecular formula is C11H7N3O2. The van der Waals surface area contributed by atoms with E-state index in [4.69, 9.17) is 0 Å². The maximum Gasteiger partial charge on any atom is 0.258 e. The predicted octanol–water partition coefficient (Wildman–Crippen LogP) is 0.603. The van der Waals surface area contributed by atoms with Crippen molar-refractivity contribution in [3.8, 4) is 0 Å². The van der Waals surface area contributed by atoms with E-state index in [1.807, 2.05) is 12.1 Å². The lowest BCUT2D eigenvalue weighted by Gasteiger charge is -2.00. The molecule has 1 aromatic heterocycles. The molecule has 0 atom stereocenters. The van der Waals surface area contributed by atoms with Crippen molar-refractivity contribution in [2.45, 2.75) is 0 Å². The van der Waals surface area contributed by atoms with Crippen molar-refractivity contribution in [3.63, 3.8) is 0 Å². The lowest BCUT2D eigenvalue weighted by Crippen LogP contribution is -2.21. The van der Waals surface area contributed by atoms with Gasteiger partial charge in [0.15, 0.2) is 0 Å². The van der Waals surface area contributed by atoms with Crippen molar-refractivity contribution in [2.75, 3.05) is 0 Å². The molecule has 2 heterocycles. The van der Waals surface area contributed by atoms with Gasteiger partial charge in [-0.1, -0.05) is 12.1 Å². The number of amides is 2.